The number of amides is 1. The fourth-order valence-electron chi connectivity index (χ4n) is 2.20. The first kappa shape index (κ1) is 16.5. The smallest absolute Gasteiger partial charge is 0.273 e. The van der Waals surface area contributed by atoms with Gasteiger partial charge in [-0.1, -0.05) is 5.21 Å². The van der Waals surface area contributed by atoms with Crippen LogP contribution in [0.3, 0.4) is 0 Å². The first-order valence-electron chi connectivity index (χ1n) is 7.51. The minimum absolute atomic E-state index is 0.194. The maximum Gasteiger partial charge on any atom is 0.273 e. The number of aromatic nitrogens is 5. The second-order valence-corrected chi connectivity index (χ2v) is 5.32. The van der Waals surface area contributed by atoms with E-state index in [1.807, 2.05) is 0 Å². The van der Waals surface area contributed by atoms with E-state index >= 15 is 0 Å². The fraction of sp³-hybridized carbons (Fsp3) is 0.188. The predicted molar refractivity (Wildman–Crippen MR) is 87.2 cm³/mol. The average molecular weight is 342 g/mol. The lowest BCUT2D eigenvalue weighted by atomic mass is 10.1. The van der Waals surface area contributed by atoms with E-state index in [-0.39, 0.29) is 36.1 Å². The van der Waals surface area contributed by atoms with Crippen molar-refractivity contribution in [3.05, 3.63) is 64.5 Å². The summed E-state index contributed by atoms with van der Waals surface area (Å²) in [6.45, 7) is 0.398. The summed E-state index contributed by atoms with van der Waals surface area (Å²) in [5.41, 5.74) is 1.14. The van der Waals surface area contributed by atoms with Crippen molar-refractivity contribution in [3.63, 3.8) is 0 Å². The third kappa shape index (κ3) is 3.94. The summed E-state index contributed by atoms with van der Waals surface area (Å²) >= 11 is 0. The zero-order valence-electron chi connectivity index (χ0n) is 13.4. The molecule has 0 aliphatic carbocycles. The first-order chi connectivity index (χ1) is 12.0. The number of benzene rings is 1. The Hall–Kier alpha value is -3.36. The van der Waals surface area contributed by atoms with Gasteiger partial charge in [-0.15, -0.1) is 5.10 Å². The molecule has 0 saturated carbocycles. The van der Waals surface area contributed by atoms with Crippen LogP contribution >= 0.6 is 0 Å². The number of halogens is 1. The van der Waals surface area contributed by atoms with Crippen LogP contribution in [0, 0.1) is 5.82 Å². The van der Waals surface area contributed by atoms with Gasteiger partial charge in [-0.25, -0.2) is 9.07 Å². The van der Waals surface area contributed by atoms with Gasteiger partial charge < -0.3 is 5.32 Å². The van der Waals surface area contributed by atoms with Gasteiger partial charge in [0.2, 0.25) is 0 Å². The highest BCUT2D eigenvalue weighted by Gasteiger charge is 2.09. The van der Waals surface area contributed by atoms with Gasteiger partial charge in [0.1, 0.15) is 5.82 Å². The van der Waals surface area contributed by atoms with E-state index in [0.717, 1.165) is 0 Å². The quantitative estimate of drug-likeness (QED) is 0.733. The second kappa shape index (κ2) is 7.04. The molecule has 1 N–H and O–H groups in total. The van der Waals surface area contributed by atoms with E-state index in [2.05, 4.69) is 20.7 Å². The molecule has 0 fully saturated rings. The van der Waals surface area contributed by atoms with Crippen LogP contribution in [-0.2, 0) is 13.6 Å². The highest BCUT2D eigenvalue weighted by atomic mass is 19.1. The van der Waals surface area contributed by atoms with Crippen LogP contribution in [0.25, 0.3) is 11.3 Å². The summed E-state index contributed by atoms with van der Waals surface area (Å²) in [5, 5.41) is 14.3. The van der Waals surface area contributed by atoms with E-state index in [1.54, 1.807) is 25.2 Å². The van der Waals surface area contributed by atoms with E-state index in [9.17, 15) is 14.0 Å². The second-order valence-electron chi connectivity index (χ2n) is 5.32. The van der Waals surface area contributed by atoms with Crippen molar-refractivity contribution >= 4 is 5.91 Å². The summed E-state index contributed by atoms with van der Waals surface area (Å²) in [6, 6.07) is 8.78. The van der Waals surface area contributed by atoms with Crippen molar-refractivity contribution in [1.29, 1.82) is 0 Å². The Morgan fingerprint density at radius 2 is 1.96 bits per heavy atom. The molecular weight excluding hydrogens is 327 g/mol. The van der Waals surface area contributed by atoms with Crippen molar-refractivity contribution in [2.45, 2.75) is 6.54 Å². The van der Waals surface area contributed by atoms with Crippen molar-refractivity contribution < 1.29 is 9.18 Å². The molecule has 0 aliphatic rings. The molecule has 0 atom stereocenters. The normalized spacial score (nSPS) is 10.6. The molecule has 8 nitrogen and oxygen atoms in total. The van der Waals surface area contributed by atoms with Crippen molar-refractivity contribution in [2.75, 3.05) is 6.54 Å². The van der Waals surface area contributed by atoms with E-state index in [4.69, 9.17) is 0 Å². The van der Waals surface area contributed by atoms with E-state index in [0.29, 0.717) is 11.3 Å². The number of hydrogen-bond acceptors (Lipinski definition) is 5. The number of aryl methyl sites for hydroxylation is 1. The molecule has 25 heavy (non-hydrogen) atoms. The van der Waals surface area contributed by atoms with Crippen LogP contribution in [0.4, 0.5) is 4.39 Å². The molecule has 3 rings (SSSR count). The molecule has 0 spiro atoms. The largest absolute Gasteiger partial charge is 0.349 e. The van der Waals surface area contributed by atoms with Crippen LogP contribution in [0.1, 0.15) is 10.5 Å². The Morgan fingerprint density at radius 1 is 1.20 bits per heavy atom. The molecule has 0 bridgehead atoms. The topological polar surface area (TPSA) is 94.7 Å². The third-order valence-electron chi connectivity index (χ3n) is 3.45. The molecule has 9 heteroatoms. The van der Waals surface area contributed by atoms with Gasteiger partial charge in [0.15, 0.2) is 5.69 Å². The van der Waals surface area contributed by atoms with E-state index < -0.39 is 0 Å². The number of carbonyl (C=O) groups excluding carboxylic acids is 1. The van der Waals surface area contributed by atoms with Crippen LogP contribution in [0.5, 0.6) is 0 Å². The predicted octanol–water partition coefficient (Wildman–Crippen LogP) is 0.608. The van der Waals surface area contributed by atoms with Crippen molar-refractivity contribution in [1.82, 2.24) is 30.1 Å². The Kier molecular flexibility index (Phi) is 4.64. The highest BCUT2D eigenvalue weighted by molar-refractivity contribution is 5.91. The minimum Gasteiger partial charge on any atom is -0.349 e. The number of rotatable bonds is 5. The van der Waals surface area contributed by atoms with Gasteiger partial charge in [0, 0.05) is 25.2 Å². The van der Waals surface area contributed by atoms with Crippen LogP contribution in [0.15, 0.2) is 47.4 Å². The lowest BCUT2D eigenvalue weighted by Gasteiger charge is -2.08. The Balaban J connectivity index is 1.68. The Bertz CT molecular complexity index is 948. The van der Waals surface area contributed by atoms with Gasteiger partial charge >= 0.3 is 0 Å². The van der Waals surface area contributed by atoms with E-state index in [1.165, 1.54) is 33.8 Å². The van der Waals surface area contributed by atoms with Gasteiger partial charge in [0.05, 0.1) is 18.4 Å². The number of nitrogens with one attached hydrogen (secondary N) is 1. The Morgan fingerprint density at radius 3 is 2.64 bits per heavy atom. The fourth-order valence-corrected chi connectivity index (χ4v) is 2.20. The number of carbonyl (C=O) groups is 1. The van der Waals surface area contributed by atoms with Gasteiger partial charge in [-0.3, -0.25) is 14.3 Å². The summed E-state index contributed by atoms with van der Waals surface area (Å²) < 4.78 is 15.7. The number of nitrogens with zero attached hydrogens (tertiary/aromatic N) is 5. The van der Waals surface area contributed by atoms with Crippen molar-refractivity contribution in [2.24, 2.45) is 7.05 Å². The maximum atomic E-state index is 13.0. The SMILES string of the molecule is Cn1cc(C(=O)NCCn2nc(-c3ccc(F)cc3)ccc2=O)nn1. The molecule has 128 valence electrons. The summed E-state index contributed by atoms with van der Waals surface area (Å²) in [5.74, 6) is -0.723. The molecule has 2 aromatic heterocycles. The zero-order valence-corrected chi connectivity index (χ0v) is 13.4. The standard InChI is InChI=1S/C16H15FN6O2/c1-22-10-14(19-21-22)16(25)18-8-9-23-15(24)7-6-13(20-23)11-2-4-12(17)5-3-11/h2-7,10H,8-9H2,1H3,(H,18,25). The summed E-state index contributed by atoms with van der Waals surface area (Å²) in [4.78, 5) is 23.8. The maximum absolute atomic E-state index is 13.0. The molecule has 0 unspecified atom stereocenters. The average Bonchev–Trinajstić information content (AvgIpc) is 3.04. The Labute approximate surface area is 141 Å². The molecule has 0 saturated heterocycles. The monoisotopic (exact) mass is 342 g/mol. The summed E-state index contributed by atoms with van der Waals surface area (Å²) in [7, 11) is 1.66. The first-order valence-corrected chi connectivity index (χ1v) is 7.51. The van der Waals surface area contributed by atoms with Crippen LogP contribution in [-0.4, -0.2) is 37.2 Å². The minimum atomic E-state index is -0.379. The lowest BCUT2D eigenvalue weighted by molar-refractivity contribution is 0.0946. The highest BCUT2D eigenvalue weighted by Crippen LogP contribution is 2.15. The number of hydrogen-bond donors (Lipinski definition) is 1. The van der Waals surface area contributed by atoms with Crippen LogP contribution < -0.4 is 10.9 Å². The van der Waals surface area contributed by atoms with Gasteiger partial charge in [-0.05, 0) is 30.3 Å². The third-order valence-corrected chi connectivity index (χ3v) is 3.45. The molecule has 3 aromatic rings. The molecule has 1 aromatic carbocycles. The van der Waals surface area contributed by atoms with Crippen molar-refractivity contribution in [3.8, 4) is 11.3 Å². The molecular formula is C16H15FN6O2. The van der Waals surface area contributed by atoms with Gasteiger partial charge in [-0.2, -0.15) is 5.10 Å². The molecule has 0 aliphatic heterocycles. The van der Waals surface area contributed by atoms with Crippen LogP contribution in [0.2, 0.25) is 0 Å². The lowest BCUT2D eigenvalue weighted by Crippen LogP contribution is -2.32. The summed E-state index contributed by atoms with van der Waals surface area (Å²) in [6.07, 6.45) is 1.49. The zero-order chi connectivity index (χ0) is 17.8. The molecule has 2 heterocycles. The van der Waals surface area contributed by atoms with Gasteiger partial charge in [0.25, 0.3) is 11.5 Å². The molecule has 1 amide bonds. The molecule has 0 radical (unpaired) electrons.